The minimum atomic E-state index is -0.0778. The molecule has 0 unspecified atom stereocenters. The number of aromatic nitrogens is 1. The van der Waals surface area contributed by atoms with Crippen molar-refractivity contribution in [2.75, 3.05) is 37.0 Å². The van der Waals surface area contributed by atoms with Gasteiger partial charge in [0.25, 0.3) is 0 Å². The van der Waals surface area contributed by atoms with E-state index in [0.717, 1.165) is 33.8 Å². The summed E-state index contributed by atoms with van der Waals surface area (Å²) in [6.07, 6.45) is 3.05. The van der Waals surface area contributed by atoms with Crippen molar-refractivity contribution >= 4 is 28.2 Å². The molecule has 1 N–H and O–H groups in total. The largest absolute Gasteiger partial charge is 0.497 e. The van der Waals surface area contributed by atoms with Crippen molar-refractivity contribution in [2.45, 2.75) is 19.8 Å². The maximum absolute atomic E-state index is 12.8. The van der Waals surface area contributed by atoms with Crippen LogP contribution < -0.4 is 19.7 Å². The molecular weight excluding hydrogens is 404 g/mol. The van der Waals surface area contributed by atoms with Gasteiger partial charge in [0, 0.05) is 36.3 Å². The number of pyridine rings is 1. The van der Waals surface area contributed by atoms with Crippen LogP contribution in [0.15, 0.2) is 48.7 Å². The zero-order valence-corrected chi connectivity index (χ0v) is 18.3. The number of carbonyl (C=O) groups is 1. The maximum Gasteiger partial charge on any atom is 0.227 e. The number of benzene rings is 2. The molecule has 2 aromatic carbocycles. The SMILES string of the molecule is CCOc1ccc2ncc(C#N)c(N3CCC(C(=O)Nc4ccc(OC)cc4)CC3)c2c1. The lowest BCUT2D eigenvalue weighted by Gasteiger charge is -2.34. The first-order valence-electron chi connectivity index (χ1n) is 10.8. The van der Waals surface area contributed by atoms with Crippen LogP contribution in [0.3, 0.4) is 0 Å². The minimum absolute atomic E-state index is 0.0218. The molecule has 0 aliphatic carbocycles. The standard InChI is InChI=1S/C25H26N4O3/c1-3-32-21-8-9-23-22(14-21)24(18(15-26)16-27-23)29-12-10-17(11-13-29)25(30)28-19-4-6-20(31-2)7-5-19/h4-9,14,16-17H,3,10-13H2,1-2H3,(H,28,30). The van der Waals surface area contributed by atoms with Gasteiger partial charge in [0.2, 0.25) is 5.91 Å². The first-order chi connectivity index (χ1) is 15.6. The molecule has 0 atom stereocenters. The fourth-order valence-electron chi connectivity index (χ4n) is 4.12. The summed E-state index contributed by atoms with van der Waals surface area (Å²) in [5.41, 5.74) is 2.98. The van der Waals surface area contributed by atoms with E-state index >= 15 is 0 Å². The fourth-order valence-corrected chi connectivity index (χ4v) is 4.12. The molecule has 1 aromatic heterocycles. The smallest absolute Gasteiger partial charge is 0.227 e. The van der Waals surface area contributed by atoms with Crippen LogP contribution in [0.25, 0.3) is 10.9 Å². The van der Waals surface area contributed by atoms with E-state index in [0.29, 0.717) is 38.1 Å². The molecule has 164 valence electrons. The summed E-state index contributed by atoms with van der Waals surface area (Å²) in [7, 11) is 1.61. The van der Waals surface area contributed by atoms with Gasteiger partial charge < -0.3 is 19.7 Å². The van der Waals surface area contributed by atoms with Crippen LogP contribution in [0.2, 0.25) is 0 Å². The zero-order chi connectivity index (χ0) is 22.5. The third-order valence-electron chi connectivity index (χ3n) is 5.78. The molecule has 0 spiro atoms. The normalized spacial score (nSPS) is 14.1. The van der Waals surface area contributed by atoms with E-state index in [9.17, 15) is 10.1 Å². The summed E-state index contributed by atoms with van der Waals surface area (Å²) < 4.78 is 10.8. The molecule has 0 bridgehead atoms. The molecule has 32 heavy (non-hydrogen) atoms. The Balaban J connectivity index is 1.50. The summed E-state index contributed by atoms with van der Waals surface area (Å²) in [6.45, 7) is 3.89. The molecule has 0 saturated carbocycles. The Bertz CT molecular complexity index is 1150. The van der Waals surface area contributed by atoms with Gasteiger partial charge >= 0.3 is 0 Å². The van der Waals surface area contributed by atoms with E-state index < -0.39 is 0 Å². The number of amides is 1. The number of piperidine rings is 1. The molecule has 1 amide bonds. The Morgan fingerprint density at radius 3 is 2.56 bits per heavy atom. The van der Waals surface area contributed by atoms with Crippen molar-refractivity contribution in [2.24, 2.45) is 5.92 Å². The predicted molar refractivity (Wildman–Crippen MR) is 124 cm³/mol. The highest BCUT2D eigenvalue weighted by atomic mass is 16.5. The number of hydrogen-bond donors (Lipinski definition) is 1. The molecule has 0 radical (unpaired) electrons. The quantitative estimate of drug-likeness (QED) is 0.625. The highest BCUT2D eigenvalue weighted by molar-refractivity contribution is 5.96. The first-order valence-corrected chi connectivity index (χ1v) is 10.8. The summed E-state index contributed by atoms with van der Waals surface area (Å²) in [6, 6.07) is 15.4. The second kappa shape index (κ2) is 9.56. The Labute approximate surface area is 187 Å². The van der Waals surface area contributed by atoms with Crippen molar-refractivity contribution in [1.29, 1.82) is 5.26 Å². The Kier molecular flexibility index (Phi) is 6.41. The van der Waals surface area contributed by atoms with Crippen molar-refractivity contribution in [1.82, 2.24) is 4.98 Å². The van der Waals surface area contributed by atoms with Gasteiger partial charge in [-0.25, -0.2) is 0 Å². The summed E-state index contributed by atoms with van der Waals surface area (Å²) in [5.74, 6) is 1.45. The number of methoxy groups -OCH3 is 1. The number of nitrogens with one attached hydrogen (secondary N) is 1. The molecule has 7 nitrogen and oxygen atoms in total. The second-order valence-corrected chi connectivity index (χ2v) is 7.72. The van der Waals surface area contributed by atoms with Crippen molar-refractivity contribution in [3.8, 4) is 17.6 Å². The molecule has 1 aliphatic rings. The van der Waals surface area contributed by atoms with E-state index in [-0.39, 0.29) is 11.8 Å². The molecule has 2 heterocycles. The monoisotopic (exact) mass is 430 g/mol. The lowest BCUT2D eigenvalue weighted by molar-refractivity contribution is -0.120. The first kappa shape index (κ1) is 21.4. The van der Waals surface area contributed by atoms with E-state index in [2.05, 4.69) is 21.3 Å². The number of carbonyl (C=O) groups excluding carboxylic acids is 1. The van der Waals surface area contributed by atoms with Crippen LogP contribution >= 0.6 is 0 Å². The van der Waals surface area contributed by atoms with E-state index in [1.165, 1.54) is 0 Å². The topological polar surface area (TPSA) is 87.5 Å². The Morgan fingerprint density at radius 2 is 1.91 bits per heavy atom. The van der Waals surface area contributed by atoms with Crippen LogP contribution in [-0.2, 0) is 4.79 Å². The maximum atomic E-state index is 12.8. The number of fused-ring (bicyclic) bond motifs is 1. The summed E-state index contributed by atoms with van der Waals surface area (Å²) in [5, 5.41) is 13.6. The van der Waals surface area contributed by atoms with Gasteiger partial charge in [-0.05, 0) is 62.2 Å². The van der Waals surface area contributed by atoms with Crippen LogP contribution in [0.1, 0.15) is 25.3 Å². The fraction of sp³-hybridized carbons (Fsp3) is 0.320. The average Bonchev–Trinajstić information content (AvgIpc) is 2.84. The molecule has 4 rings (SSSR count). The van der Waals surface area contributed by atoms with Crippen LogP contribution in [0.5, 0.6) is 11.5 Å². The molecule has 1 aliphatic heterocycles. The zero-order valence-electron chi connectivity index (χ0n) is 18.3. The number of nitriles is 1. The van der Waals surface area contributed by atoms with E-state index in [4.69, 9.17) is 9.47 Å². The highest BCUT2D eigenvalue weighted by Crippen LogP contribution is 2.34. The van der Waals surface area contributed by atoms with Gasteiger partial charge in [-0.3, -0.25) is 9.78 Å². The van der Waals surface area contributed by atoms with E-state index in [1.807, 2.05) is 49.4 Å². The van der Waals surface area contributed by atoms with Crippen molar-refractivity contribution in [3.05, 3.63) is 54.2 Å². The van der Waals surface area contributed by atoms with Crippen LogP contribution in [-0.4, -0.2) is 37.7 Å². The number of anilines is 2. The molecule has 1 fully saturated rings. The average molecular weight is 431 g/mol. The molecule has 1 saturated heterocycles. The minimum Gasteiger partial charge on any atom is -0.497 e. The molecule has 7 heteroatoms. The Morgan fingerprint density at radius 1 is 1.19 bits per heavy atom. The summed E-state index contributed by atoms with van der Waals surface area (Å²) in [4.78, 5) is 19.4. The van der Waals surface area contributed by atoms with Gasteiger partial charge in [0.1, 0.15) is 17.6 Å². The van der Waals surface area contributed by atoms with Crippen LogP contribution in [0.4, 0.5) is 11.4 Å². The number of ether oxygens (including phenoxy) is 2. The Hall–Kier alpha value is -3.79. The molecular formula is C25H26N4O3. The predicted octanol–water partition coefficient (Wildman–Crippen LogP) is 4.37. The number of rotatable bonds is 6. The van der Waals surface area contributed by atoms with Gasteiger partial charge in [-0.15, -0.1) is 0 Å². The number of hydrogen-bond acceptors (Lipinski definition) is 6. The lowest BCUT2D eigenvalue weighted by Crippen LogP contribution is -2.38. The number of nitrogens with zero attached hydrogens (tertiary/aromatic N) is 3. The third-order valence-corrected chi connectivity index (χ3v) is 5.78. The molecule has 3 aromatic rings. The summed E-state index contributed by atoms with van der Waals surface area (Å²) >= 11 is 0. The van der Waals surface area contributed by atoms with Gasteiger partial charge in [0.15, 0.2) is 0 Å². The third kappa shape index (κ3) is 4.45. The lowest BCUT2D eigenvalue weighted by atomic mass is 9.94. The second-order valence-electron chi connectivity index (χ2n) is 7.72. The van der Waals surface area contributed by atoms with Crippen LogP contribution in [0, 0.1) is 17.2 Å². The van der Waals surface area contributed by atoms with Gasteiger partial charge in [-0.2, -0.15) is 5.26 Å². The van der Waals surface area contributed by atoms with Crippen molar-refractivity contribution < 1.29 is 14.3 Å². The van der Waals surface area contributed by atoms with Gasteiger partial charge in [-0.1, -0.05) is 0 Å². The van der Waals surface area contributed by atoms with Crippen molar-refractivity contribution in [3.63, 3.8) is 0 Å². The van der Waals surface area contributed by atoms with E-state index in [1.54, 1.807) is 13.3 Å². The van der Waals surface area contributed by atoms with Gasteiger partial charge in [0.05, 0.1) is 30.5 Å². The highest BCUT2D eigenvalue weighted by Gasteiger charge is 2.27.